The second-order valence-corrected chi connectivity index (χ2v) is 3.31. The van der Waals surface area contributed by atoms with Crippen molar-refractivity contribution >= 4 is 17.4 Å². The Morgan fingerprint density at radius 2 is 1.94 bits per heavy atom. The third-order valence-electron chi connectivity index (χ3n) is 2.03. The Morgan fingerprint density at radius 3 is 2.47 bits per heavy atom. The summed E-state index contributed by atoms with van der Waals surface area (Å²) in [5.74, 6) is -2.07. The molecule has 1 amide bonds. The predicted octanol–water partition coefficient (Wildman–Crippen LogP) is 1.52. The Labute approximate surface area is 94.6 Å². The highest BCUT2D eigenvalue weighted by molar-refractivity contribution is 6.07. The van der Waals surface area contributed by atoms with Crippen LogP contribution < -0.4 is 11.1 Å². The number of benzene rings is 1. The number of hydrogen-bond acceptors (Lipinski definition) is 3. The van der Waals surface area contributed by atoms with Crippen LogP contribution in [0.1, 0.15) is 10.4 Å². The van der Waals surface area contributed by atoms with Crippen molar-refractivity contribution in [2.45, 2.75) is 0 Å². The fourth-order valence-corrected chi connectivity index (χ4v) is 1.30. The summed E-state index contributed by atoms with van der Waals surface area (Å²) in [6.07, 6.45) is 1.22. The lowest BCUT2D eigenvalue weighted by Crippen LogP contribution is -2.13. The van der Waals surface area contributed by atoms with E-state index in [1.807, 2.05) is 0 Å². The maximum atomic E-state index is 12.9. The highest BCUT2D eigenvalue weighted by Crippen LogP contribution is 2.15. The van der Waals surface area contributed by atoms with E-state index in [-0.39, 0.29) is 17.1 Å². The molecule has 88 valence electrons. The number of H-pyrrole nitrogens is 1. The molecule has 0 saturated heterocycles. The molecule has 2 aromatic rings. The highest BCUT2D eigenvalue weighted by Gasteiger charge is 2.12. The number of nitrogen functional groups attached to an aromatic ring is 1. The quantitative estimate of drug-likeness (QED) is 0.741. The van der Waals surface area contributed by atoms with Gasteiger partial charge in [0.1, 0.15) is 23.0 Å². The average molecular weight is 238 g/mol. The summed E-state index contributed by atoms with van der Waals surface area (Å²) < 4.78 is 25.7. The topological polar surface area (TPSA) is 83.8 Å². The molecule has 0 saturated carbocycles. The number of nitrogens with one attached hydrogen (secondary N) is 2. The van der Waals surface area contributed by atoms with Crippen LogP contribution in [0.3, 0.4) is 0 Å². The highest BCUT2D eigenvalue weighted by atomic mass is 19.1. The molecule has 5 nitrogen and oxygen atoms in total. The minimum atomic E-state index is -0.777. The Balaban J connectivity index is 2.21. The monoisotopic (exact) mass is 238 g/mol. The van der Waals surface area contributed by atoms with Crippen LogP contribution in [0.15, 0.2) is 24.4 Å². The molecule has 0 spiro atoms. The Morgan fingerprint density at radius 1 is 1.29 bits per heavy atom. The van der Waals surface area contributed by atoms with Crippen molar-refractivity contribution in [1.82, 2.24) is 10.2 Å². The summed E-state index contributed by atoms with van der Waals surface area (Å²) in [7, 11) is 0. The third kappa shape index (κ3) is 2.39. The number of aromatic nitrogens is 2. The average Bonchev–Trinajstić information content (AvgIpc) is 2.62. The molecule has 1 heterocycles. The number of carbonyl (C=O) groups excluding carboxylic acids is 1. The van der Waals surface area contributed by atoms with Crippen LogP contribution >= 0.6 is 0 Å². The van der Waals surface area contributed by atoms with E-state index in [1.54, 1.807) is 0 Å². The Bertz CT molecular complexity index is 547. The standard InChI is InChI=1S/C10H8F2N4O/c11-5-1-6(12)3-7(2-5)15-10(17)8-4-14-16-9(8)13/h1-4H,(H,15,17)(H3,13,14,16). The summed E-state index contributed by atoms with van der Waals surface area (Å²) in [6, 6.07) is 2.70. The summed E-state index contributed by atoms with van der Waals surface area (Å²) in [5, 5.41) is 8.25. The Kier molecular flexibility index (Phi) is 2.73. The zero-order chi connectivity index (χ0) is 12.4. The molecule has 0 unspecified atom stereocenters. The van der Waals surface area contributed by atoms with E-state index in [0.717, 1.165) is 12.1 Å². The lowest BCUT2D eigenvalue weighted by atomic mass is 10.2. The molecule has 0 aliphatic carbocycles. The molecule has 0 aliphatic rings. The molecule has 0 atom stereocenters. The van der Waals surface area contributed by atoms with Crippen molar-refractivity contribution in [3.05, 3.63) is 41.6 Å². The second kappa shape index (κ2) is 4.20. The fourth-order valence-electron chi connectivity index (χ4n) is 1.30. The molecule has 17 heavy (non-hydrogen) atoms. The van der Waals surface area contributed by atoms with Crippen LogP contribution in [-0.4, -0.2) is 16.1 Å². The van der Waals surface area contributed by atoms with Gasteiger partial charge < -0.3 is 11.1 Å². The van der Waals surface area contributed by atoms with Gasteiger partial charge in [-0.25, -0.2) is 8.78 Å². The number of amides is 1. The first kappa shape index (κ1) is 11.1. The molecule has 1 aromatic carbocycles. The summed E-state index contributed by atoms with van der Waals surface area (Å²) in [4.78, 5) is 11.6. The van der Waals surface area contributed by atoms with Crippen molar-refractivity contribution in [2.75, 3.05) is 11.1 Å². The number of hydrogen-bond donors (Lipinski definition) is 3. The fraction of sp³-hybridized carbons (Fsp3) is 0. The number of rotatable bonds is 2. The third-order valence-corrected chi connectivity index (χ3v) is 2.03. The van der Waals surface area contributed by atoms with E-state index >= 15 is 0 Å². The zero-order valence-electron chi connectivity index (χ0n) is 8.50. The van der Waals surface area contributed by atoms with Crippen molar-refractivity contribution in [3.63, 3.8) is 0 Å². The SMILES string of the molecule is Nc1[nH]ncc1C(=O)Nc1cc(F)cc(F)c1. The van der Waals surface area contributed by atoms with Gasteiger partial charge in [-0.3, -0.25) is 9.89 Å². The number of nitrogens with two attached hydrogens (primary N) is 1. The molecule has 1 aromatic heterocycles. The van der Waals surface area contributed by atoms with Gasteiger partial charge in [0.25, 0.3) is 5.91 Å². The zero-order valence-corrected chi connectivity index (χ0v) is 8.50. The van der Waals surface area contributed by atoms with Gasteiger partial charge in [0, 0.05) is 11.8 Å². The van der Waals surface area contributed by atoms with Gasteiger partial charge in [0.05, 0.1) is 6.20 Å². The molecule has 4 N–H and O–H groups in total. The summed E-state index contributed by atoms with van der Waals surface area (Å²) in [6.45, 7) is 0. The van der Waals surface area contributed by atoms with Crippen LogP contribution in [0.25, 0.3) is 0 Å². The van der Waals surface area contributed by atoms with Crippen LogP contribution in [0.2, 0.25) is 0 Å². The molecule has 0 fully saturated rings. The minimum Gasteiger partial charge on any atom is -0.383 e. The Hall–Kier alpha value is -2.44. The number of aromatic amines is 1. The van der Waals surface area contributed by atoms with E-state index in [1.165, 1.54) is 6.20 Å². The van der Waals surface area contributed by atoms with E-state index in [0.29, 0.717) is 6.07 Å². The second-order valence-electron chi connectivity index (χ2n) is 3.31. The van der Waals surface area contributed by atoms with E-state index in [9.17, 15) is 13.6 Å². The number of halogens is 2. The van der Waals surface area contributed by atoms with Crippen molar-refractivity contribution < 1.29 is 13.6 Å². The van der Waals surface area contributed by atoms with Gasteiger partial charge in [-0.2, -0.15) is 5.10 Å². The lowest BCUT2D eigenvalue weighted by Gasteiger charge is -2.04. The normalized spacial score (nSPS) is 10.2. The smallest absolute Gasteiger partial charge is 0.261 e. The summed E-state index contributed by atoms with van der Waals surface area (Å²) in [5.41, 5.74) is 5.54. The van der Waals surface area contributed by atoms with Gasteiger partial charge >= 0.3 is 0 Å². The van der Waals surface area contributed by atoms with E-state index in [4.69, 9.17) is 5.73 Å². The first-order valence-electron chi connectivity index (χ1n) is 4.62. The van der Waals surface area contributed by atoms with E-state index in [2.05, 4.69) is 15.5 Å². The van der Waals surface area contributed by atoms with Crippen LogP contribution in [0.5, 0.6) is 0 Å². The minimum absolute atomic E-state index is 0.00750. The molecule has 0 aliphatic heterocycles. The molecule has 0 radical (unpaired) electrons. The molecular weight excluding hydrogens is 230 g/mol. The lowest BCUT2D eigenvalue weighted by molar-refractivity contribution is 0.102. The predicted molar refractivity (Wildman–Crippen MR) is 57.3 cm³/mol. The van der Waals surface area contributed by atoms with Crippen LogP contribution in [-0.2, 0) is 0 Å². The maximum Gasteiger partial charge on any atom is 0.261 e. The summed E-state index contributed by atoms with van der Waals surface area (Å²) >= 11 is 0. The molecule has 2 rings (SSSR count). The van der Waals surface area contributed by atoms with Gasteiger partial charge in [0.15, 0.2) is 0 Å². The van der Waals surface area contributed by atoms with Crippen molar-refractivity contribution in [2.24, 2.45) is 0 Å². The number of anilines is 2. The van der Waals surface area contributed by atoms with Crippen molar-refractivity contribution in [3.8, 4) is 0 Å². The van der Waals surface area contributed by atoms with Crippen LogP contribution in [0.4, 0.5) is 20.3 Å². The molecule has 0 bridgehead atoms. The first-order chi connectivity index (χ1) is 8.06. The van der Waals surface area contributed by atoms with Gasteiger partial charge in [0.2, 0.25) is 0 Å². The van der Waals surface area contributed by atoms with Gasteiger partial charge in [-0.15, -0.1) is 0 Å². The molecular formula is C10H8F2N4O. The van der Waals surface area contributed by atoms with Crippen molar-refractivity contribution in [1.29, 1.82) is 0 Å². The van der Waals surface area contributed by atoms with Gasteiger partial charge in [-0.05, 0) is 12.1 Å². The molecule has 7 heteroatoms. The maximum absolute atomic E-state index is 12.9. The number of carbonyl (C=O) groups is 1. The van der Waals surface area contributed by atoms with E-state index < -0.39 is 17.5 Å². The van der Waals surface area contributed by atoms with Crippen LogP contribution in [0, 0.1) is 11.6 Å². The number of nitrogens with zero attached hydrogens (tertiary/aromatic N) is 1. The van der Waals surface area contributed by atoms with Gasteiger partial charge in [-0.1, -0.05) is 0 Å². The largest absolute Gasteiger partial charge is 0.383 e. The first-order valence-corrected chi connectivity index (χ1v) is 4.62.